The van der Waals surface area contributed by atoms with Gasteiger partial charge in [-0.1, -0.05) is 12.1 Å². The highest BCUT2D eigenvalue weighted by Gasteiger charge is 2.39. The molecule has 13 heteroatoms. The van der Waals surface area contributed by atoms with Gasteiger partial charge in [0.05, 0.1) is 31.9 Å². The summed E-state index contributed by atoms with van der Waals surface area (Å²) in [5.41, 5.74) is -5.12. The Morgan fingerprint density at radius 3 is 1.88 bits per heavy atom. The van der Waals surface area contributed by atoms with Crippen molar-refractivity contribution < 1.29 is 31.4 Å². The Hall–Kier alpha value is -3.06. The summed E-state index contributed by atoms with van der Waals surface area (Å²) >= 11 is 0. The molecule has 26 heavy (non-hydrogen) atoms. The lowest BCUT2D eigenvalue weighted by molar-refractivity contribution is -0.394. The fourth-order valence-corrected chi connectivity index (χ4v) is 2.72. The van der Waals surface area contributed by atoms with Crippen LogP contribution in [0, 0.1) is 20.2 Å². The van der Waals surface area contributed by atoms with Gasteiger partial charge in [0, 0.05) is 6.07 Å². The fourth-order valence-electron chi connectivity index (χ4n) is 2.20. The molecule has 2 aromatic carbocycles. The quantitative estimate of drug-likeness (QED) is 0.626. The standard InChI is InChI=1S/C13H8F3N3O6S/c14-13(15,16)10-5-8(18(20)21)6-11(19(22)23)12(10)7-1-3-9(4-2-7)26(17,24)25/h1-6H,(H2,17,24,25). The van der Waals surface area contributed by atoms with Crippen molar-refractivity contribution in [3.63, 3.8) is 0 Å². The molecule has 0 heterocycles. The third-order valence-corrected chi connectivity index (χ3v) is 4.22. The molecule has 0 amide bonds. The van der Waals surface area contributed by atoms with Crippen LogP contribution in [0.3, 0.4) is 0 Å². The summed E-state index contributed by atoms with van der Waals surface area (Å²) in [5, 5.41) is 26.9. The topological polar surface area (TPSA) is 146 Å². The van der Waals surface area contributed by atoms with Crippen molar-refractivity contribution in [1.29, 1.82) is 0 Å². The van der Waals surface area contributed by atoms with Crippen LogP contribution in [-0.4, -0.2) is 18.3 Å². The van der Waals surface area contributed by atoms with Gasteiger partial charge in [0.15, 0.2) is 0 Å². The van der Waals surface area contributed by atoms with Gasteiger partial charge in [0.2, 0.25) is 10.0 Å². The van der Waals surface area contributed by atoms with E-state index in [1.807, 2.05) is 0 Å². The van der Waals surface area contributed by atoms with Crippen LogP contribution in [0.25, 0.3) is 11.1 Å². The molecule has 2 N–H and O–H groups in total. The third-order valence-electron chi connectivity index (χ3n) is 3.29. The SMILES string of the molecule is NS(=O)(=O)c1ccc(-c2c([N+](=O)[O-])cc([N+](=O)[O-])cc2C(F)(F)F)cc1. The van der Waals surface area contributed by atoms with Crippen LogP contribution in [0.15, 0.2) is 41.3 Å². The van der Waals surface area contributed by atoms with E-state index in [4.69, 9.17) is 5.14 Å². The predicted octanol–water partition coefficient (Wildman–Crippen LogP) is 2.84. The number of primary sulfonamides is 1. The molecule has 0 spiro atoms. The van der Waals surface area contributed by atoms with Crippen LogP contribution < -0.4 is 5.14 Å². The minimum atomic E-state index is -5.13. The molecule has 0 aliphatic carbocycles. The van der Waals surface area contributed by atoms with E-state index in [0.29, 0.717) is 6.07 Å². The summed E-state index contributed by atoms with van der Waals surface area (Å²) in [7, 11) is -4.13. The van der Waals surface area contributed by atoms with Gasteiger partial charge in [-0.25, -0.2) is 13.6 Å². The van der Waals surface area contributed by atoms with Crippen LogP contribution in [0.5, 0.6) is 0 Å². The maximum absolute atomic E-state index is 13.3. The molecule has 0 bridgehead atoms. The molecular formula is C13H8F3N3O6S. The maximum atomic E-state index is 13.3. The number of nitro groups is 2. The molecule has 138 valence electrons. The van der Waals surface area contributed by atoms with Gasteiger partial charge in [0.1, 0.15) is 0 Å². The first-order valence-electron chi connectivity index (χ1n) is 6.49. The maximum Gasteiger partial charge on any atom is 0.417 e. The van der Waals surface area contributed by atoms with E-state index >= 15 is 0 Å². The first-order chi connectivity index (χ1) is 11.8. The largest absolute Gasteiger partial charge is 0.417 e. The summed E-state index contributed by atoms with van der Waals surface area (Å²) in [6.45, 7) is 0. The van der Waals surface area contributed by atoms with Crippen LogP contribution in [0.4, 0.5) is 24.5 Å². The highest BCUT2D eigenvalue weighted by Crippen LogP contribution is 2.44. The molecular weight excluding hydrogens is 383 g/mol. The normalized spacial score (nSPS) is 12.0. The van der Waals surface area contributed by atoms with Crippen LogP contribution in [0.2, 0.25) is 0 Å². The number of nitrogens with zero attached hydrogens (tertiary/aromatic N) is 2. The Labute approximate surface area is 143 Å². The van der Waals surface area contributed by atoms with Crippen molar-refractivity contribution in [3.05, 3.63) is 62.2 Å². The number of hydrogen-bond donors (Lipinski definition) is 1. The lowest BCUT2D eigenvalue weighted by Crippen LogP contribution is -2.12. The zero-order valence-corrected chi connectivity index (χ0v) is 13.2. The summed E-state index contributed by atoms with van der Waals surface area (Å²) in [5.74, 6) is 0. The zero-order chi connectivity index (χ0) is 19.9. The van der Waals surface area contributed by atoms with Gasteiger partial charge in [-0.15, -0.1) is 0 Å². The van der Waals surface area contributed by atoms with E-state index in [1.165, 1.54) is 0 Å². The van der Waals surface area contributed by atoms with Crippen molar-refractivity contribution in [1.82, 2.24) is 0 Å². The second kappa shape index (κ2) is 6.34. The zero-order valence-electron chi connectivity index (χ0n) is 12.4. The van der Waals surface area contributed by atoms with Gasteiger partial charge in [-0.05, 0) is 17.7 Å². The number of hydrogen-bond acceptors (Lipinski definition) is 6. The van der Waals surface area contributed by atoms with Crippen LogP contribution in [-0.2, 0) is 16.2 Å². The lowest BCUT2D eigenvalue weighted by Gasteiger charge is -2.13. The van der Waals surface area contributed by atoms with Crippen LogP contribution >= 0.6 is 0 Å². The van der Waals surface area contributed by atoms with Crippen molar-refractivity contribution in [2.24, 2.45) is 5.14 Å². The second-order valence-corrected chi connectivity index (χ2v) is 6.53. The molecule has 0 fully saturated rings. The number of non-ortho nitro benzene ring substituents is 1. The average Bonchev–Trinajstić information content (AvgIpc) is 2.51. The summed E-state index contributed by atoms with van der Waals surface area (Å²) < 4.78 is 62.4. The summed E-state index contributed by atoms with van der Waals surface area (Å²) in [4.78, 5) is 19.2. The Bertz CT molecular complexity index is 1000. The van der Waals surface area contributed by atoms with Crippen LogP contribution in [0.1, 0.15) is 5.56 Å². The number of rotatable bonds is 4. The van der Waals surface area contributed by atoms with E-state index in [1.54, 1.807) is 0 Å². The molecule has 0 saturated heterocycles. The van der Waals surface area contributed by atoms with Gasteiger partial charge >= 0.3 is 6.18 Å². The monoisotopic (exact) mass is 391 g/mol. The van der Waals surface area contributed by atoms with E-state index in [0.717, 1.165) is 24.3 Å². The van der Waals surface area contributed by atoms with Crippen molar-refractivity contribution in [3.8, 4) is 11.1 Å². The number of nitro benzene ring substituents is 2. The number of alkyl halides is 3. The van der Waals surface area contributed by atoms with Crippen molar-refractivity contribution in [2.45, 2.75) is 11.1 Å². The molecule has 2 rings (SSSR count). The fraction of sp³-hybridized carbons (Fsp3) is 0.0769. The molecule has 0 aromatic heterocycles. The van der Waals surface area contributed by atoms with Gasteiger partial charge < -0.3 is 0 Å². The Kier molecular flexibility index (Phi) is 4.70. The summed E-state index contributed by atoms with van der Waals surface area (Å²) in [6, 6.07) is 4.10. The van der Waals surface area contributed by atoms with Crippen molar-refractivity contribution >= 4 is 21.4 Å². The molecule has 0 unspecified atom stereocenters. The number of halogens is 3. The minimum Gasteiger partial charge on any atom is -0.258 e. The number of nitrogens with two attached hydrogens (primary N) is 1. The van der Waals surface area contributed by atoms with E-state index in [2.05, 4.69) is 0 Å². The highest BCUT2D eigenvalue weighted by molar-refractivity contribution is 7.89. The van der Waals surface area contributed by atoms with Gasteiger partial charge in [-0.3, -0.25) is 20.2 Å². The molecule has 0 atom stereocenters. The van der Waals surface area contributed by atoms with E-state index < -0.39 is 53.4 Å². The minimum absolute atomic E-state index is 0.177. The Morgan fingerprint density at radius 1 is 0.962 bits per heavy atom. The van der Waals surface area contributed by atoms with Gasteiger partial charge in [-0.2, -0.15) is 13.2 Å². The Morgan fingerprint density at radius 2 is 1.50 bits per heavy atom. The highest BCUT2D eigenvalue weighted by atomic mass is 32.2. The van der Waals surface area contributed by atoms with E-state index in [-0.39, 0.29) is 11.6 Å². The van der Waals surface area contributed by atoms with Gasteiger partial charge in [0.25, 0.3) is 11.4 Å². The summed E-state index contributed by atoms with van der Waals surface area (Å²) in [6.07, 6.45) is -5.13. The predicted molar refractivity (Wildman–Crippen MR) is 81.6 cm³/mol. The molecule has 9 nitrogen and oxygen atoms in total. The molecule has 2 aromatic rings. The smallest absolute Gasteiger partial charge is 0.258 e. The average molecular weight is 391 g/mol. The molecule has 0 aliphatic heterocycles. The second-order valence-electron chi connectivity index (χ2n) is 4.97. The molecule has 0 radical (unpaired) electrons. The third kappa shape index (κ3) is 3.78. The van der Waals surface area contributed by atoms with Crippen molar-refractivity contribution in [2.75, 3.05) is 0 Å². The lowest BCUT2D eigenvalue weighted by atomic mass is 9.96. The molecule has 0 aliphatic rings. The number of benzene rings is 2. The Balaban J connectivity index is 2.85. The first kappa shape index (κ1) is 19.3. The molecule has 0 saturated carbocycles. The number of sulfonamides is 1. The first-order valence-corrected chi connectivity index (χ1v) is 8.04. The van der Waals surface area contributed by atoms with E-state index in [9.17, 15) is 41.8 Å².